The number of likely N-dealkylation sites (tertiary alicyclic amines) is 1. The molecule has 81 heavy (non-hydrogen) atoms. The molecule has 1 unspecified atom stereocenters. The number of benzene rings is 2. The summed E-state index contributed by atoms with van der Waals surface area (Å²) >= 11 is 0. The van der Waals surface area contributed by atoms with E-state index in [0.717, 1.165) is 21.7 Å². The van der Waals surface area contributed by atoms with Crippen LogP contribution in [0.25, 0.3) is 0 Å². The average Bonchev–Trinajstić information content (AvgIpc) is 3.72. The highest BCUT2D eigenvalue weighted by Gasteiger charge is 2.46. The topological polar surface area (TPSA) is 412 Å². The molecular weight excluding hydrogens is 1060 g/mol. The quantitative estimate of drug-likeness (QED) is 0.0402. The van der Waals surface area contributed by atoms with Crippen molar-refractivity contribution in [3.63, 3.8) is 0 Å². The van der Waals surface area contributed by atoms with Gasteiger partial charge >= 0.3 is 5.97 Å². The number of nitrogens with zero attached hydrogens (tertiary/aromatic N) is 4. The van der Waals surface area contributed by atoms with Crippen LogP contribution in [-0.2, 0) is 75.2 Å². The van der Waals surface area contributed by atoms with E-state index >= 15 is 0 Å². The van der Waals surface area contributed by atoms with Crippen molar-refractivity contribution >= 4 is 82.5 Å². The van der Waals surface area contributed by atoms with E-state index in [1.807, 2.05) is 0 Å². The second kappa shape index (κ2) is 29.1. The molecule has 0 saturated carbocycles. The number of nitrogens with two attached hydrogens (primary N) is 2. The summed E-state index contributed by atoms with van der Waals surface area (Å²) in [7, 11) is 2.54. The Morgan fingerprint density at radius 1 is 0.704 bits per heavy atom. The van der Waals surface area contributed by atoms with Crippen LogP contribution in [-0.4, -0.2) is 202 Å². The fourth-order valence-electron chi connectivity index (χ4n) is 9.27. The lowest BCUT2D eigenvalue weighted by atomic mass is 9.93. The molecule has 12 amide bonds. The Kier molecular flexibility index (Phi) is 23.3. The lowest BCUT2D eigenvalue weighted by Crippen LogP contribution is -2.63. The summed E-state index contributed by atoms with van der Waals surface area (Å²) in [5, 5.41) is 37.2. The molecule has 13 N–H and O–H groups in total. The van der Waals surface area contributed by atoms with Crippen LogP contribution in [0.3, 0.4) is 0 Å². The molecule has 442 valence electrons. The number of aliphatic carboxylic acids is 1. The van der Waals surface area contributed by atoms with E-state index in [0.29, 0.717) is 11.1 Å². The van der Waals surface area contributed by atoms with Crippen molar-refractivity contribution in [3.8, 4) is 0 Å². The van der Waals surface area contributed by atoms with Gasteiger partial charge in [-0.1, -0.05) is 62.4 Å². The van der Waals surface area contributed by atoms with Crippen molar-refractivity contribution in [3.05, 3.63) is 65.7 Å². The minimum atomic E-state index is -1.81. The molecule has 28 nitrogen and oxygen atoms in total. The molecule has 28 heteroatoms. The van der Waals surface area contributed by atoms with Crippen molar-refractivity contribution in [1.82, 2.24) is 51.9 Å². The summed E-state index contributed by atoms with van der Waals surface area (Å²) in [6, 6.07) is 1.40. The maximum atomic E-state index is 14.6. The van der Waals surface area contributed by atoms with Crippen LogP contribution >= 0.6 is 0 Å². The van der Waals surface area contributed by atoms with Crippen molar-refractivity contribution in [2.75, 3.05) is 38.7 Å². The summed E-state index contributed by atoms with van der Waals surface area (Å²) in [4.78, 5) is 177. The van der Waals surface area contributed by atoms with Crippen molar-refractivity contribution < 1.29 is 72.5 Å². The number of primary amides is 1. The molecule has 11 atom stereocenters. The van der Waals surface area contributed by atoms with Gasteiger partial charge < -0.3 is 73.6 Å². The van der Waals surface area contributed by atoms with Crippen LogP contribution in [0.5, 0.6) is 0 Å². The fourth-order valence-corrected chi connectivity index (χ4v) is 9.27. The van der Waals surface area contributed by atoms with Crippen LogP contribution in [0.15, 0.2) is 54.6 Å². The Hall–Kier alpha value is -8.53. The van der Waals surface area contributed by atoms with Gasteiger partial charge in [-0.2, -0.15) is 0 Å². The van der Waals surface area contributed by atoms with E-state index in [9.17, 15) is 72.5 Å². The molecule has 0 bridgehead atoms. The molecule has 2 aromatic carbocycles. The van der Waals surface area contributed by atoms with Crippen LogP contribution in [0.2, 0.25) is 0 Å². The van der Waals surface area contributed by atoms with Gasteiger partial charge in [0.05, 0.1) is 32.2 Å². The van der Waals surface area contributed by atoms with Crippen LogP contribution < -0.4 is 53.6 Å². The molecule has 0 radical (unpaired) electrons. The van der Waals surface area contributed by atoms with Crippen LogP contribution in [0.1, 0.15) is 72.4 Å². The first-order valence-electron chi connectivity index (χ1n) is 26.2. The highest BCUT2D eigenvalue weighted by molar-refractivity contribution is 6.08. The van der Waals surface area contributed by atoms with E-state index in [1.54, 1.807) is 69.3 Å². The van der Waals surface area contributed by atoms with Crippen molar-refractivity contribution in [2.24, 2.45) is 17.4 Å². The molecule has 1 saturated heterocycles. The number of rotatable bonds is 27. The lowest BCUT2D eigenvalue weighted by Gasteiger charge is -2.40. The third-order valence-electron chi connectivity index (χ3n) is 14.0. The Morgan fingerprint density at radius 2 is 1.32 bits per heavy atom. The first kappa shape index (κ1) is 65.0. The van der Waals surface area contributed by atoms with Crippen molar-refractivity contribution in [1.29, 1.82) is 0 Å². The number of carbonyl (C=O) groups is 13. The summed E-state index contributed by atoms with van der Waals surface area (Å²) < 4.78 is 0. The number of likely N-dealkylation sites (N-methyl/N-ethyl adjacent to an activating group) is 2. The lowest BCUT2D eigenvalue weighted by molar-refractivity contribution is -0.145. The molecule has 0 spiro atoms. The number of aliphatic hydroxyl groups excluding tert-OH is 1. The number of hydrogen-bond acceptors (Lipinski definition) is 15. The number of carboxylic acid groups (broad SMARTS) is 1. The molecular formula is C53H75N13O15. The maximum absolute atomic E-state index is 14.6. The Morgan fingerprint density at radius 3 is 1.91 bits per heavy atom. The third-order valence-corrected chi connectivity index (χ3v) is 14.0. The second-order valence-corrected chi connectivity index (χ2v) is 20.5. The Balaban J connectivity index is 1.45. The Labute approximate surface area is 468 Å². The van der Waals surface area contributed by atoms with Gasteiger partial charge in [-0.3, -0.25) is 67.2 Å². The monoisotopic (exact) mass is 1130 g/mol. The molecule has 0 aliphatic carbocycles. The first-order valence-corrected chi connectivity index (χ1v) is 26.2. The number of nitrogens with one attached hydrogen (secondary N) is 7. The zero-order valence-electron chi connectivity index (χ0n) is 46.7. The number of para-hydroxylation sites is 1. The van der Waals surface area contributed by atoms with E-state index < -0.39 is 175 Å². The summed E-state index contributed by atoms with van der Waals surface area (Å²) in [5.41, 5.74) is 11.9. The van der Waals surface area contributed by atoms with Gasteiger partial charge in [-0.15, -0.1) is 0 Å². The van der Waals surface area contributed by atoms with Gasteiger partial charge in [0.1, 0.15) is 54.4 Å². The number of fused-ring (bicyclic) bond motifs is 1. The zero-order valence-corrected chi connectivity index (χ0v) is 46.7. The van der Waals surface area contributed by atoms with E-state index in [-0.39, 0.29) is 24.9 Å². The Bertz CT molecular complexity index is 2710. The minimum absolute atomic E-state index is 0.0480. The third kappa shape index (κ3) is 17.0. The highest BCUT2D eigenvalue weighted by atomic mass is 16.4. The molecule has 2 aliphatic rings. The largest absolute Gasteiger partial charge is 0.481 e. The maximum Gasteiger partial charge on any atom is 0.306 e. The van der Waals surface area contributed by atoms with Crippen molar-refractivity contribution in [2.45, 2.75) is 141 Å². The summed E-state index contributed by atoms with van der Waals surface area (Å²) in [6.45, 7) is 8.33. The van der Waals surface area contributed by atoms with Gasteiger partial charge in [0.2, 0.25) is 65.0 Å². The second-order valence-electron chi connectivity index (χ2n) is 20.5. The fraction of sp³-hybridized carbons (Fsp3) is 0.528. The molecule has 4 rings (SSSR count). The predicted molar refractivity (Wildman–Crippen MR) is 289 cm³/mol. The first-order chi connectivity index (χ1) is 38.0. The van der Waals surface area contributed by atoms with Gasteiger partial charge in [0, 0.05) is 38.7 Å². The van der Waals surface area contributed by atoms with Crippen LogP contribution in [0, 0.1) is 5.92 Å². The standard InChI is InChI=1S/C53H75N13O15/c1-26(2)43(49(77)60-35-21-33-17-13-14-18-37(33)66(52(35)80)39(22-42(70)71)53(81)63(8)30(6)45(73)61-36(25-67)47(75)56-23-40(55)68)62-46(74)31(7)65-27(3)19-34(51(65)79)59-41(69)24-57-48(76)38(20-32-15-11-10-12-16-32)64(9)50(78)29(5)58-44(72)28(4)54/h10-18,26-31,34-36,38-39,43,67H,19-25,54H2,1-9H3,(H2,55,68)(H,56,75)(H,57,76)(H,58,72)(H,59,69)(H,60,77)(H,61,73)(H,62,74)(H,70,71)/t27?,28-,29-,30-,31-,34-,35-,36-,38-,39-,43-/m0/s1. The molecule has 2 aromatic rings. The molecule has 0 aromatic heterocycles. The van der Waals surface area contributed by atoms with Gasteiger partial charge in [0.25, 0.3) is 5.91 Å². The van der Waals surface area contributed by atoms with Gasteiger partial charge in [0.15, 0.2) is 0 Å². The summed E-state index contributed by atoms with van der Waals surface area (Å²) in [5.74, 6) is -11.8. The SMILES string of the molecule is CC(C)[C@H](NC(=O)[C@H](C)N1C(=O)[C@@H](NC(=O)CNC(=O)[C@H](Cc2ccccc2)N(C)C(=O)[C@H](C)NC(=O)[C@H](C)N)CC1C)C(=O)N[C@H]1Cc2ccccc2N([C@@H](CC(=O)O)C(=O)N(C)[C@@H](C)C(=O)N[C@@H](CO)C(=O)NCC(N)=O)C1=O. The van der Waals surface area contributed by atoms with Crippen LogP contribution in [0.4, 0.5) is 5.69 Å². The number of carboxylic acids is 1. The van der Waals surface area contributed by atoms with Gasteiger partial charge in [-0.05, 0) is 64.2 Å². The predicted octanol–water partition coefficient (Wildman–Crippen LogP) is -4.50. The highest BCUT2D eigenvalue weighted by Crippen LogP contribution is 2.32. The number of aliphatic hydroxyl groups is 1. The molecule has 1 fully saturated rings. The average molecular weight is 1130 g/mol. The van der Waals surface area contributed by atoms with E-state index in [1.165, 1.54) is 45.7 Å². The van der Waals surface area contributed by atoms with Gasteiger partial charge in [-0.25, -0.2) is 0 Å². The minimum Gasteiger partial charge on any atom is -0.481 e. The van der Waals surface area contributed by atoms with E-state index in [2.05, 4.69) is 37.2 Å². The smallest absolute Gasteiger partial charge is 0.306 e. The number of anilines is 1. The zero-order chi connectivity index (χ0) is 60.7. The number of hydrogen-bond donors (Lipinski definition) is 11. The number of carbonyl (C=O) groups excluding carboxylic acids is 12. The summed E-state index contributed by atoms with van der Waals surface area (Å²) in [6.07, 6.45) is -1.00. The normalized spacial score (nSPS) is 18.7. The molecule has 2 aliphatic heterocycles. The number of amides is 12. The van der Waals surface area contributed by atoms with E-state index in [4.69, 9.17) is 11.5 Å². The molecule has 2 heterocycles.